The van der Waals surface area contributed by atoms with Gasteiger partial charge in [-0.3, -0.25) is 0 Å². The summed E-state index contributed by atoms with van der Waals surface area (Å²) in [7, 11) is 0. The summed E-state index contributed by atoms with van der Waals surface area (Å²) in [4.78, 5) is 4.39. The number of hydrogen-bond donors (Lipinski definition) is 1. The number of benzene rings is 1. The maximum absolute atomic E-state index is 4.39. The molecule has 0 spiro atoms. The average Bonchev–Trinajstić information content (AvgIpc) is 2.85. The molecular formula is C14H18BrN3. The highest BCUT2D eigenvalue weighted by atomic mass is 79.9. The van der Waals surface area contributed by atoms with Gasteiger partial charge in [-0.1, -0.05) is 35.8 Å². The molecule has 1 aromatic heterocycles. The quantitative estimate of drug-likeness (QED) is 0.918. The van der Waals surface area contributed by atoms with Crippen LogP contribution < -0.4 is 5.32 Å². The SMILES string of the molecule is CCNCc1ccc(Br)cc1-n1ccnc1CC. The van der Waals surface area contributed by atoms with E-state index in [2.05, 4.69) is 62.8 Å². The smallest absolute Gasteiger partial charge is 0.112 e. The van der Waals surface area contributed by atoms with Crippen molar-refractivity contribution in [1.29, 1.82) is 0 Å². The third-order valence-electron chi connectivity index (χ3n) is 2.91. The third-order valence-corrected chi connectivity index (χ3v) is 3.40. The van der Waals surface area contributed by atoms with Crippen molar-refractivity contribution in [3.8, 4) is 5.69 Å². The van der Waals surface area contributed by atoms with Gasteiger partial charge in [0, 0.05) is 29.8 Å². The summed E-state index contributed by atoms with van der Waals surface area (Å²) in [6.45, 7) is 6.09. The summed E-state index contributed by atoms with van der Waals surface area (Å²) >= 11 is 3.54. The molecule has 0 amide bonds. The average molecular weight is 308 g/mol. The standard InChI is InChI=1S/C14H18BrN3/c1-3-14-17-7-8-18(14)13-9-12(15)6-5-11(13)10-16-4-2/h5-9,16H,3-4,10H2,1-2H3. The van der Waals surface area contributed by atoms with E-state index in [0.29, 0.717) is 0 Å². The first-order chi connectivity index (χ1) is 8.76. The Bertz CT molecular complexity index is 520. The van der Waals surface area contributed by atoms with Crippen molar-refractivity contribution >= 4 is 15.9 Å². The number of aromatic nitrogens is 2. The highest BCUT2D eigenvalue weighted by Gasteiger charge is 2.08. The van der Waals surface area contributed by atoms with Gasteiger partial charge in [0.2, 0.25) is 0 Å². The van der Waals surface area contributed by atoms with Gasteiger partial charge in [-0.25, -0.2) is 4.98 Å². The van der Waals surface area contributed by atoms with Gasteiger partial charge < -0.3 is 9.88 Å². The number of rotatable bonds is 5. The number of nitrogens with one attached hydrogen (secondary N) is 1. The highest BCUT2D eigenvalue weighted by molar-refractivity contribution is 9.10. The van der Waals surface area contributed by atoms with Crippen molar-refractivity contribution in [2.45, 2.75) is 26.8 Å². The van der Waals surface area contributed by atoms with Crippen LogP contribution in [0.4, 0.5) is 0 Å². The van der Waals surface area contributed by atoms with E-state index < -0.39 is 0 Å². The summed E-state index contributed by atoms with van der Waals surface area (Å²) in [6.07, 6.45) is 4.81. The maximum atomic E-state index is 4.39. The van der Waals surface area contributed by atoms with Crippen LogP contribution in [-0.4, -0.2) is 16.1 Å². The first kappa shape index (κ1) is 13.3. The minimum absolute atomic E-state index is 0.875. The first-order valence-corrected chi connectivity index (χ1v) is 7.07. The molecule has 3 nitrogen and oxygen atoms in total. The number of imidazole rings is 1. The molecule has 0 unspecified atom stereocenters. The fraction of sp³-hybridized carbons (Fsp3) is 0.357. The molecule has 1 heterocycles. The summed E-state index contributed by atoms with van der Waals surface area (Å²) in [5.74, 6) is 1.09. The van der Waals surface area contributed by atoms with E-state index in [4.69, 9.17) is 0 Å². The van der Waals surface area contributed by atoms with Gasteiger partial charge in [0.05, 0.1) is 5.69 Å². The highest BCUT2D eigenvalue weighted by Crippen LogP contribution is 2.22. The van der Waals surface area contributed by atoms with Crippen LogP contribution in [0.5, 0.6) is 0 Å². The summed E-state index contributed by atoms with van der Waals surface area (Å²) < 4.78 is 3.26. The third kappa shape index (κ3) is 2.82. The molecule has 0 bridgehead atoms. The van der Waals surface area contributed by atoms with Crippen molar-refractivity contribution in [1.82, 2.24) is 14.9 Å². The molecule has 0 saturated heterocycles. The molecule has 2 rings (SSSR count). The van der Waals surface area contributed by atoms with Crippen LogP contribution in [0.2, 0.25) is 0 Å². The zero-order chi connectivity index (χ0) is 13.0. The second-order valence-electron chi connectivity index (χ2n) is 4.12. The predicted molar refractivity (Wildman–Crippen MR) is 78.0 cm³/mol. The minimum atomic E-state index is 0.875. The monoisotopic (exact) mass is 307 g/mol. The molecule has 96 valence electrons. The molecule has 0 atom stereocenters. The van der Waals surface area contributed by atoms with E-state index in [1.807, 2.05) is 12.4 Å². The largest absolute Gasteiger partial charge is 0.313 e. The van der Waals surface area contributed by atoms with Crippen molar-refractivity contribution < 1.29 is 0 Å². The lowest BCUT2D eigenvalue weighted by Gasteiger charge is -2.13. The van der Waals surface area contributed by atoms with Crippen molar-refractivity contribution in [3.05, 3.63) is 46.5 Å². The van der Waals surface area contributed by atoms with E-state index in [9.17, 15) is 0 Å². The lowest BCUT2D eigenvalue weighted by Crippen LogP contribution is -2.14. The Morgan fingerprint density at radius 1 is 1.33 bits per heavy atom. The molecule has 0 radical (unpaired) electrons. The molecule has 0 aliphatic heterocycles. The normalized spacial score (nSPS) is 10.8. The van der Waals surface area contributed by atoms with Crippen molar-refractivity contribution in [3.63, 3.8) is 0 Å². The molecule has 18 heavy (non-hydrogen) atoms. The summed E-state index contributed by atoms with van der Waals surface area (Å²) in [5, 5.41) is 3.37. The van der Waals surface area contributed by atoms with E-state index >= 15 is 0 Å². The lowest BCUT2D eigenvalue weighted by molar-refractivity contribution is 0.720. The molecular weight excluding hydrogens is 290 g/mol. The lowest BCUT2D eigenvalue weighted by atomic mass is 10.1. The molecule has 0 aliphatic carbocycles. The van der Waals surface area contributed by atoms with Crippen LogP contribution in [0.3, 0.4) is 0 Å². The van der Waals surface area contributed by atoms with Crippen LogP contribution in [0.15, 0.2) is 35.1 Å². The van der Waals surface area contributed by atoms with Gasteiger partial charge in [0.1, 0.15) is 5.82 Å². The second kappa shape index (κ2) is 6.16. The zero-order valence-electron chi connectivity index (χ0n) is 10.8. The van der Waals surface area contributed by atoms with Gasteiger partial charge in [0.25, 0.3) is 0 Å². The first-order valence-electron chi connectivity index (χ1n) is 6.28. The predicted octanol–water partition coefficient (Wildman–Crippen LogP) is 3.31. The van der Waals surface area contributed by atoms with E-state index in [1.165, 1.54) is 11.3 Å². The zero-order valence-corrected chi connectivity index (χ0v) is 12.4. The van der Waals surface area contributed by atoms with E-state index in [1.54, 1.807) is 0 Å². The number of halogens is 1. The number of nitrogens with zero attached hydrogens (tertiary/aromatic N) is 2. The van der Waals surface area contributed by atoms with Crippen LogP contribution >= 0.6 is 15.9 Å². The van der Waals surface area contributed by atoms with Gasteiger partial charge in [-0.05, 0) is 24.2 Å². The molecule has 0 saturated carbocycles. The van der Waals surface area contributed by atoms with Gasteiger partial charge in [-0.15, -0.1) is 0 Å². The fourth-order valence-electron chi connectivity index (χ4n) is 1.99. The summed E-state index contributed by atoms with van der Waals surface area (Å²) in [6, 6.07) is 6.38. The molecule has 4 heteroatoms. The van der Waals surface area contributed by atoms with Crippen LogP contribution in [0.1, 0.15) is 25.2 Å². The Morgan fingerprint density at radius 2 is 2.17 bits per heavy atom. The van der Waals surface area contributed by atoms with Gasteiger partial charge in [0.15, 0.2) is 0 Å². The maximum Gasteiger partial charge on any atom is 0.112 e. The van der Waals surface area contributed by atoms with E-state index in [-0.39, 0.29) is 0 Å². The summed E-state index contributed by atoms with van der Waals surface area (Å²) in [5.41, 5.74) is 2.48. The topological polar surface area (TPSA) is 29.9 Å². The van der Waals surface area contributed by atoms with Crippen LogP contribution in [0, 0.1) is 0 Å². The van der Waals surface area contributed by atoms with Gasteiger partial charge in [-0.2, -0.15) is 0 Å². The molecule has 0 fully saturated rings. The minimum Gasteiger partial charge on any atom is -0.313 e. The van der Waals surface area contributed by atoms with E-state index in [0.717, 1.165) is 29.8 Å². The Kier molecular flexibility index (Phi) is 4.55. The Balaban J connectivity index is 2.44. The molecule has 2 aromatic rings. The second-order valence-corrected chi connectivity index (χ2v) is 5.04. The Hall–Kier alpha value is -1.13. The fourth-order valence-corrected chi connectivity index (χ4v) is 2.33. The van der Waals surface area contributed by atoms with Crippen LogP contribution in [0.25, 0.3) is 5.69 Å². The van der Waals surface area contributed by atoms with Crippen molar-refractivity contribution in [2.75, 3.05) is 6.54 Å². The number of aryl methyl sites for hydroxylation is 1. The number of hydrogen-bond acceptors (Lipinski definition) is 2. The Labute approximate surface area is 116 Å². The van der Waals surface area contributed by atoms with Crippen molar-refractivity contribution in [2.24, 2.45) is 0 Å². The van der Waals surface area contributed by atoms with Gasteiger partial charge >= 0.3 is 0 Å². The Morgan fingerprint density at radius 3 is 2.89 bits per heavy atom. The molecule has 1 N–H and O–H groups in total. The van der Waals surface area contributed by atoms with Crippen LogP contribution in [-0.2, 0) is 13.0 Å². The molecule has 0 aliphatic rings. The molecule has 1 aromatic carbocycles.